The Labute approximate surface area is 120 Å². The Bertz CT molecular complexity index is 710. The summed E-state index contributed by atoms with van der Waals surface area (Å²) >= 11 is 5.74. The molecule has 102 valence electrons. The van der Waals surface area contributed by atoms with Crippen molar-refractivity contribution in [1.29, 1.82) is 0 Å². The lowest BCUT2D eigenvalue weighted by Crippen LogP contribution is -2.30. The Kier molecular flexibility index (Phi) is 4.09. The summed E-state index contributed by atoms with van der Waals surface area (Å²) in [4.78, 5) is 0.444. The summed E-state index contributed by atoms with van der Waals surface area (Å²) in [5.41, 5.74) is 6.36. The molecular formula is C10H12N4O2S3. The van der Waals surface area contributed by atoms with Crippen molar-refractivity contribution in [3.8, 4) is 0 Å². The molecular weight excluding hydrogens is 304 g/mol. The zero-order valence-corrected chi connectivity index (χ0v) is 12.6. The van der Waals surface area contributed by atoms with E-state index in [-0.39, 0.29) is 16.4 Å². The van der Waals surface area contributed by atoms with E-state index in [1.165, 1.54) is 17.4 Å². The molecule has 0 unspecified atom stereocenters. The standard InChI is InChI=1S/C10H12N4O2S3/c1-14(6-5-9(11)17)19(15,16)8-4-2-3-7-10(8)13-18-12-7/h2-4H,5-6H2,1H3,(H2,11,17). The van der Waals surface area contributed by atoms with Crippen LogP contribution >= 0.6 is 23.9 Å². The first kappa shape index (κ1) is 14.3. The molecule has 6 nitrogen and oxygen atoms in total. The summed E-state index contributed by atoms with van der Waals surface area (Å²) in [6.07, 6.45) is 0.344. The highest BCUT2D eigenvalue weighted by Crippen LogP contribution is 2.23. The predicted octanol–water partition coefficient (Wildman–Crippen LogP) is 0.988. The fraction of sp³-hybridized carbons (Fsp3) is 0.300. The van der Waals surface area contributed by atoms with Gasteiger partial charge in [0.1, 0.15) is 15.9 Å². The van der Waals surface area contributed by atoms with Gasteiger partial charge in [0, 0.05) is 20.0 Å². The number of rotatable bonds is 5. The van der Waals surface area contributed by atoms with Crippen LogP contribution in [0.25, 0.3) is 11.0 Å². The van der Waals surface area contributed by atoms with Gasteiger partial charge in [-0.05, 0) is 12.1 Å². The molecule has 0 saturated carbocycles. The summed E-state index contributed by atoms with van der Waals surface area (Å²) in [5.74, 6) is 0. The average Bonchev–Trinajstić information content (AvgIpc) is 2.83. The van der Waals surface area contributed by atoms with Crippen LogP contribution in [0, 0.1) is 0 Å². The molecule has 2 rings (SSSR count). The fourth-order valence-electron chi connectivity index (χ4n) is 1.55. The van der Waals surface area contributed by atoms with Gasteiger partial charge in [-0.1, -0.05) is 18.3 Å². The maximum absolute atomic E-state index is 12.4. The van der Waals surface area contributed by atoms with Crippen molar-refractivity contribution >= 4 is 50.0 Å². The van der Waals surface area contributed by atoms with Crippen molar-refractivity contribution in [2.45, 2.75) is 11.3 Å². The topological polar surface area (TPSA) is 89.2 Å². The van der Waals surface area contributed by atoms with E-state index in [4.69, 9.17) is 18.0 Å². The highest BCUT2D eigenvalue weighted by molar-refractivity contribution is 7.89. The molecule has 2 aromatic rings. The number of nitrogens with zero attached hydrogens (tertiary/aromatic N) is 3. The van der Waals surface area contributed by atoms with Gasteiger partial charge in [-0.25, -0.2) is 12.7 Å². The predicted molar refractivity (Wildman–Crippen MR) is 78.6 cm³/mol. The second-order valence-electron chi connectivity index (χ2n) is 3.93. The quantitative estimate of drug-likeness (QED) is 0.827. The SMILES string of the molecule is CN(CCC(N)=S)S(=O)(=O)c1cccc2nsnc12. The Balaban J connectivity index is 2.38. The number of sulfonamides is 1. The van der Waals surface area contributed by atoms with Crippen LogP contribution in [0.2, 0.25) is 0 Å². The van der Waals surface area contributed by atoms with E-state index in [1.807, 2.05) is 0 Å². The molecule has 2 N–H and O–H groups in total. The molecule has 19 heavy (non-hydrogen) atoms. The zero-order chi connectivity index (χ0) is 14.0. The highest BCUT2D eigenvalue weighted by atomic mass is 32.2. The van der Waals surface area contributed by atoms with Crippen molar-refractivity contribution in [2.24, 2.45) is 5.73 Å². The van der Waals surface area contributed by atoms with Crippen LogP contribution in [-0.2, 0) is 10.0 Å². The average molecular weight is 316 g/mol. The molecule has 1 aromatic heterocycles. The van der Waals surface area contributed by atoms with Crippen molar-refractivity contribution in [1.82, 2.24) is 13.1 Å². The van der Waals surface area contributed by atoms with Gasteiger partial charge in [-0.2, -0.15) is 8.75 Å². The van der Waals surface area contributed by atoms with Crippen LogP contribution in [0.3, 0.4) is 0 Å². The normalized spacial score (nSPS) is 12.1. The van der Waals surface area contributed by atoms with Gasteiger partial charge in [0.25, 0.3) is 0 Å². The smallest absolute Gasteiger partial charge is 0.245 e. The molecule has 0 spiro atoms. The Morgan fingerprint density at radius 1 is 1.47 bits per heavy atom. The summed E-state index contributed by atoms with van der Waals surface area (Å²) in [5, 5.41) is 0. The Hall–Kier alpha value is -1.16. The first-order valence-corrected chi connectivity index (χ1v) is 7.96. The number of hydrogen-bond donors (Lipinski definition) is 1. The number of benzene rings is 1. The fourth-order valence-corrected chi connectivity index (χ4v) is 3.56. The van der Waals surface area contributed by atoms with Crippen LogP contribution in [0.5, 0.6) is 0 Å². The lowest BCUT2D eigenvalue weighted by atomic mass is 10.3. The molecule has 1 heterocycles. The Morgan fingerprint density at radius 2 is 2.21 bits per heavy atom. The van der Waals surface area contributed by atoms with Gasteiger partial charge in [0.05, 0.1) is 16.7 Å². The van der Waals surface area contributed by atoms with Crippen molar-refractivity contribution < 1.29 is 8.42 Å². The molecule has 0 atom stereocenters. The lowest BCUT2D eigenvalue weighted by Gasteiger charge is -2.16. The first-order valence-electron chi connectivity index (χ1n) is 5.39. The van der Waals surface area contributed by atoms with Crippen LogP contribution in [0.15, 0.2) is 23.1 Å². The number of fused-ring (bicyclic) bond motifs is 1. The monoisotopic (exact) mass is 316 g/mol. The van der Waals surface area contributed by atoms with Gasteiger partial charge < -0.3 is 5.73 Å². The third-order valence-electron chi connectivity index (χ3n) is 2.61. The molecule has 0 saturated heterocycles. The molecule has 0 bridgehead atoms. The largest absolute Gasteiger partial charge is 0.393 e. The van der Waals surface area contributed by atoms with E-state index in [2.05, 4.69) is 8.75 Å². The molecule has 0 radical (unpaired) electrons. The first-order chi connectivity index (χ1) is 8.93. The van der Waals surface area contributed by atoms with Gasteiger partial charge in [-0.15, -0.1) is 0 Å². The van der Waals surface area contributed by atoms with Crippen LogP contribution in [0.1, 0.15) is 6.42 Å². The number of hydrogen-bond acceptors (Lipinski definition) is 6. The minimum absolute atomic E-state index is 0.157. The van der Waals surface area contributed by atoms with Gasteiger partial charge >= 0.3 is 0 Å². The molecule has 0 aliphatic heterocycles. The molecule has 0 fully saturated rings. The van der Waals surface area contributed by atoms with E-state index < -0.39 is 10.0 Å². The molecule has 0 amide bonds. The van der Waals surface area contributed by atoms with Crippen LogP contribution < -0.4 is 5.73 Å². The molecule has 0 aliphatic rings. The third-order valence-corrected chi connectivity index (χ3v) is 5.25. The summed E-state index contributed by atoms with van der Waals surface area (Å²) < 4.78 is 34.2. The van der Waals surface area contributed by atoms with Gasteiger partial charge in [0.15, 0.2) is 0 Å². The minimum atomic E-state index is -3.61. The van der Waals surface area contributed by atoms with Crippen LogP contribution in [-0.4, -0.2) is 40.1 Å². The molecule has 9 heteroatoms. The highest BCUT2D eigenvalue weighted by Gasteiger charge is 2.24. The number of aromatic nitrogens is 2. The van der Waals surface area contributed by atoms with E-state index in [0.717, 1.165) is 11.7 Å². The molecule has 0 aliphatic carbocycles. The van der Waals surface area contributed by atoms with Gasteiger partial charge in [-0.3, -0.25) is 0 Å². The molecule has 1 aromatic carbocycles. The lowest BCUT2D eigenvalue weighted by molar-refractivity contribution is 0.479. The van der Waals surface area contributed by atoms with Crippen molar-refractivity contribution in [2.75, 3.05) is 13.6 Å². The second kappa shape index (κ2) is 5.45. The maximum atomic E-state index is 12.4. The second-order valence-corrected chi connectivity index (χ2v) is 7.00. The van der Waals surface area contributed by atoms with Gasteiger partial charge in [0.2, 0.25) is 10.0 Å². The third kappa shape index (κ3) is 2.89. The number of thiocarbonyl (C=S) groups is 1. The van der Waals surface area contributed by atoms with Crippen LogP contribution in [0.4, 0.5) is 0 Å². The van der Waals surface area contributed by atoms with Crippen molar-refractivity contribution in [3.63, 3.8) is 0 Å². The summed E-state index contributed by atoms with van der Waals surface area (Å²) in [7, 11) is -2.12. The van der Waals surface area contributed by atoms with E-state index in [0.29, 0.717) is 17.5 Å². The zero-order valence-electron chi connectivity index (χ0n) is 10.1. The van der Waals surface area contributed by atoms with E-state index in [1.54, 1.807) is 12.1 Å². The summed E-state index contributed by atoms with van der Waals surface area (Å²) in [6, 6.07) is 4.90. The Morgan fingerprint density at radius 3 is 2.89 bits per heavy atom. The minimum Gasteiger partial charge on any atom is -0.393 e. The maximum Gasteiger partial charge on any atom is 0.245 e. The number of nitrogens with two attached hydrogens (primary N) is 1. The van der Waals surface area contributed by atoms with E-state index in [9.17, 15) is 8.42 Å². The summed E-state index contributed by atoms with van der Waals surface area (Å²) in [6.45, 7) is 0.242. The van der Waals surface area contributed by atoms with E-state index >= 15 is 0 Å². The van der Waals surface area contributed by atoms with Crippen molar-refractivity contribution in [3.05, 3.63) is 18.2 Å².